The van der Waals surface area contributed by atoms with Gasteiger partial charge in [-0.25, -0.2) is 9.78 Å². The summed E-state index contributed by atoms with van der Waals surface area (Å²) in [4.78, 5) is 18.3. The first-order valence-corrected chi connectivity index (χ1v) is 10.2. The molecule has 24 heavy (non-hydrogen) atoms. The van der Waals surface area contributed by atoms with Gasteiger partial charge in [0, 0.05) is 18.8 Å². The molecule has 1 aromatic heterocycles. The predicted molar refractivity (Wildman–Crippen MR) is 96.8 cm³/mol. The molecule has 0 N–H and O–H groups in total. The molecule has 0 aliphatic carbocycles. The number of thiazole rings is 1. The lowest BCUT2D eigenvalue weighted by Crippen LogP contribution is -2.35. The first-order valence-electron chi connectivity index (χ1n) is 8.04. The number of benzene rings is 1. The van der Waals surface area contributed by atoms with Gasteiger partial charge in [-0.1, -0.05) is 12.1 Å². The number of carbonyl (C=O) groups is 1. The van der Waals surface area contributed by atoms with Crippen LogP contribution in [-0.2, 0) is 15.5 Å². The summed E-state index contributed by atoms with van der Waals surface area (Å²) >= 11 is 1.49. The normalized spacial score (nSPS) is 19.6. The first kappa shape index (κ1) is 17.4. The highest BCUT2D eigenvalue weighted by Crippen LogP contribution is 2.27. The van der Waals surface area contributed by atoms with Gasteiger partial charge in [-0.3, -0.25) is 4.21 Å². The van der Waals surface area contributed by atoms with Gasteiger partial charge in [-0.15, -0.1) is 11.3 Å². The molecule has 0 radical (unpaired) electrons. The van der Waals surface area contributed by atoms with Gasteiger partial charge in [-0.2, -0.15) is 0 Å². The number of hydrogen-bond acceptors (Lipinski definition) is 5. The third-order valence-corrected chi connectivity index (χ3v) is 6.69. The molecule has 1 aliphatic heterocycles. The van der Waals surface area contributed by atoms with E-state index in [0.717, 1.165) is 16.6 Å². The largest absolute Gasteiger partial charge is 0.444 e. The van der Waals surface area contributed by atoms with Crippen LogP contribution in [0.15, 0.2) is 28.6 Å². The van der Waals surface area contributed by atoms with Gasteiger partial charge in [-0.05, 0) is 45.2 Å². The molecule has 1 amide bonds. The standard InChI is InChI=1S/C17H22N2O3S2/c1-17(2,3)22-16(20)19-9-8-12(10-19)11-24(21)15-18-13-6-4-5-7-14(13)23-15/h4-7,12H,8-11H2,1-3H3/t12-,24+/m0/s1. The zero-order valence-electron chi connectivity index (χ0n) is 14.2. The van der Waals surface area contributed by atoms with Gasteiger partial charge >= 0.3 is 6.09 Å². The number of fused-ring (bicyclic) bond motifs is 1. The molecular weight excluding hydrogens is 344 g/mol. The highest BCUT2D eigenvalue weighted by Gasteiger charge is 2.31. The number of carbonyl (C=O) groups excluding carboxylic acids is 1. The molecule has 2 heterocycles. The number of nitrogens with zero attached hydrogens (tertiary/aromatic N) is 2. The van der Waals surface area contributed by atoms with Gasteiger partial charge in [0.05, 0.1) is 21.0 Å². The zero-order valence-corrected chi connectivity index (χ0v) is 15.8. The van der Waals surface area contributed by atoms with Crippen LogP contribution in [0.4, 0.5) is 4.79 Å². The topological polar surface area (TPSA) is 59.5 Å². The number of para-hydroxylation sites is 1. The van der Waals surface area contributed by atoms with E-state index in [1.807, 2.05) is 45.0 Å². The Morgan fingerprint density at radius 2 is 2.17 bits per heavy atom. The molecule has 1 saturated heterocycles. The minimum atomic E-state index is -1.12. The van der Waals surface area contributed by atoms with Crippen LogP contribution >= 0.6 is 11.3 Å². The second-order valence-electron chi connectivity index (χ2n) is 7.04. The monoisotopic (exact) mass is 366 g/mol. The molecule has 7 heteroatoms. The predicted octanol–water partition coefficient (Wildman–Crippen LogP) is 3.66. The zero-order chi connectivity index (χ0) is 17.3. The van der Waals surface area contributed by atoms with Gasteiger partial charge in [0.15, 0.2) is 4.34 Å². The highest BCUT2D eigenvalue weighted by atomic mass is 32.2. The van der Waals surface area contributed by atoms with Gasteiger partial charge in [0.2, 0.25) is 0 Å². The number of rotatable bonds is 3. The highest BCUT2D eigenvalue weighted by molar-refractivity contribution is 7.87. The molecule has 0 unspecified atom stereocenters. The Labute approximate surface area is 148 Å². The van der Waals surface area contributed by atoms with Crippen molar-refractivity contribution in [1.29, 1.82) is 0 Å². The average Bonchev–Trinajstić information content (AvgIpc) is 3.11. The molecule has 0 saturated carbocycles. The number of hydrogen-bond donors (Lipinski definition) is 0. The van der Waals surface area contributed by atoms with E-state index in [9.17, 15) is 9.00 Å². The smallest absolute Gasteiger partial charge is 0.410 e. The van der Waals surface area contributed by atoms with Crippen molar-refractivity contribution in [1.82, 2.24) is 9.88 Å². The lowest BCUT2D eigenvalue weighted by molar-refractivity contribution is 0.0289. The summed E-state index contributed by atoms with van der Waals surface area (Å²) < 4.78 is 19.7. The molecule has 1 aliphatic rings. The van der Waals surface area contributed by atoms with Crippen LogP contribution in [0, 0.1) is 5.92 Å². The number of likely N-dealkylation sites (tertiary alicyclic amines) is 1. The number of ether oxygens (including phenoxy) is 1. The Morgan fingerprint density at radius 3 is 2.88 bits per heavy atom. The minimum Gasteiger partial charge on any atom is -0.444 e. The van der Waals surface area contributed by atoms with Gasteiger partial charge in [0.1, 0.15) is 5.60 Å². The molecule has 1 fully saturated rings. The summed E-state index contributed by atoms with van der Waals surface area (Å²) in [6, 6.07) is 7.83. The van der Waals surface area contributed by atoms with E-state index in [1.165, 1.54) is 11.3 Å². The molecule has 2 aromatic rings. The van der Waals surface area contributed by atoms with E-state index in [-0.39, 0.29) is 12.0 Å². The van der Waals surface area contributed by atoms with Crippen LogP contribution in [0.25, 0.3) is 10.2 Å². The average molecular weight is 367 g/mol. The van der Waals surface area contributed by atoms with E-state index in [2.05, 4.69) is 4.98 Å². The maximum absolute atomic E-state index is 12.6. The lowest BCUT2D eigenvalue weighted by Gasteiger charge is -2.24. The van der Waals surface area contributed by atoms with Crippen LogP contribution in [0.1, 0.15) is 27.2 Å². The summed E-state index contributed by atoms with van der Waals surface area (Å²) in [6.45, 7) is 6.85. The van der Waals surface area contributed by atoms with E-state index in [0.29, 0.717) is 23.2 Å². The third kappa shape index (κ3) is 4.13. The number of aromatic nitrogens is 1. The Hall–Kier alpha value is -1.47. The van der Waals surface area contributed by atoms with Crippen molar-refractivity contribution in [2.24, 2.45) is 5.92 Å². The van der Waals surface area contributed by atoms with Crippen LogP contribution in [0.2, 0.25) is 0 Å². The van der Waals surface area contributed by atoms with Crippen molar-refractivity contribution < 1.29 is 13.7 Å². The Bertz CT molecular complexity index is 734. The summed E-state index contributed by atoms with van der Waals surface area (Å²) in [5.74, 6) is 0.768. The fourth-order valence-electron chi connectivity index (χ4n) is 2.69. The molecule has 0 spiro atoms. The van der Waals surface area contributed by atoms with Crippen molar-refractivity contribution in [2.45, 2.75) is 37.1 Å². The summed E-state index contributed by atoms with van der Waals surface area (Å²) in [6.07, 6.45) is 0.575. The van der Waals surface area contributed by atoms with E-state index >= 15 is 0 Å². The third-order valence-electron chi connectivity index (χ3n) is 3.79. The van der Waals surface area contributed by atoms with Crippen molar-refractivity contribution in [3.05, 3.63) is 24.3 Å². The van der Waals surface area contributed by atoms with Crippen LogP contribution in [-0.4, -0.2) is 44.6 Å². The van der Waals surface area contributed by atoms with Crippen molar-refractivity contribution >= 4 is 38.4 Å². The summed E-state index contributed by atoms with van der Waals surface area (Å²) in [5.41, 5.74) is 0.409. The molecule has 3 rings (SSSR count). The molecule has 130 valence electrons. The second kappa shape index (κ2) is 6.80. The van der Waals surface area contributed by atoms with Crippen LogP contribution in [0.5, 0.6) is 0 Å². The maximum Gasteiger partial charge on any atom is 0.410 e. The molecule has 2 atom stereocenters. The fourth-order valence-corrected chi connectivity index (χ4v) is 5.28. The van der Waals surface area contributed by atoms with E-state index < -0.39 is 16.4 Å². The summed E-state index contributed by atoms with van der Waals surface area (Å²) in [7, 11) is -1.12. The maximum atomic E-state index is 12.6. The Balaban J connectivity index is 1.59. The van der Waals surface area contributed by atoms with Crippen molar-refractivity contribution in [3.63, 3.8) is 0 Å². The lowest BCUT2D eigenvalue weighted by atomic mass is 10.2. The SMILES string of the molecule is CC(C)(C)OC(=O)N1CC[C@H](C[S@@](=O)c2nc3ccccc3s2)C1. The van der Waals surface area contributed by atoms with Gasteiger partial charge in [0.25, 0.3) is 0 Å². The fraction of sp³-hybridized carbons (Fsp3) is 0.529. The van der Waals surface area contributed by atoms with Crippen LogP contribution < -0.4 is 0 Å². The Kier molecular flexibility index (Phi) is 4.92. The quantitative estimate of drug-likeness (QED) is 0.832. The second-order valence-corrected chi connectivity index (χ2v) is 9.74. The molecule has 5 nitrogen and oxygen atoms in total. The first-order chi connectivity index (χ1) is 11.3. The van der Waals surface area contributed by atoms with Gasteiger partial charge < -0.3 is 9.64 Å². The van der Waals surface area contributed by atoms with Crippen LogP contribution in [0.3, 0.4) is 0 Å². The van der Waals surface area contributed by atoms with Crippen molar-refractivity contribution in [2.75, 3.05) is 18.8 Å². The minimum absolute atomic E-state index is 0.227. The molecule has 1 aromatic carbocycles. The summed E-state index contributed by atoms with van der Waals surface area (Å²) in [5, 5.41) is 0. The number of amides is 1. The van der Waals surface area contributed by atoms with E-state index in [4.69, 9.17) is 4.74 Å². The Morgan fingerprint density at radius 1 is 1.42 bits per heavy atom. The molecule has 0 bridgehead atoms. The van der Waals surface area contributed by atoms with Crippen molar-refractivity contribution in [3.8, 4) is 0 Å². The molecular formula is C17H22N2O3S2. The van der Waals surface area contributed by atoms with E-state index in [1.54, 1.807) is 4.90 Å².